The first-order chi connectivity index (χ1) is 12.1. The molecule has 0 aromatic heterocycles. The first-order valence-corrected chi connectivity index (χ1v) is 8.50. The molecule has 7 nitrogen and oxygen atoms in total. The van der Waals surface area contributed by atoms with E-state index in [1.54, 1.807) is 6.07 Å². The van der Waals surface area contributed by atoms with Crippen LogP contribution in [-0.4, -0.2) is 50.7 Å². The van der Waals surface area contributed by atoms with Gasteiger partial charge in [0.25, 0.3) is 5.91 Å². The minimum absolute atomic E-state index is 0.00898. The van der Waals surface area contributed by atoms with Crippen LogP contribution in [0.2, 0.25) is 0 Å². The molecule has 2 aliphatic rings. The third-order valence-electron chi connectivity index (χ3n) is 4.41. The molecule has 1 aliphatic carbocycles. The van der Waals surface area contributed by atoms with Gasteiger partial charge in [0.1, 0.15) is 12.4 Å². The molecule has 2 amide bonds. The van der Waals surface area contributed by atoms with E-state index in [0.29, 0.717) is 24.8 Å². The first kappa shape index (κ1) is 17.8. The van der Waals surface area contributed by atoms with Crippen LogP contribution in [0.15, 0.2) is 18.2 Å². The van der Waals surface area contributed by atoms with Gasteiger partial charge in [-0.1, -0.05) is 0 Å². The summed E-state index contributed by atoms with van der Waals surface area (Å²) in [5.74, 6) is -0.556. The van der Waals surface area contributed by atoms with Crippen LogP contribution in [-0.2, 0) is 14.3 Å². The lowest BCUT2D eigenvalue weighted by molar-refractivity contribution is -0.125. The summed E-state index contributed by atoms with van der Waals surface area (Å²) in [6.45, 7) is 1.67. The highest BCUT2D eigenvalue weighted by Gasteiger charge is 2.25. The van der Waals surface area contributed by atoms with Gasteiger partial charge in [-0.3, -0.25) is 9.59 Å². The van der Waals surface area contributed by atoms with Gasteiger partial charge in [-0.2, -0.15) is 0 Å². The topological polar surface area (TPSA) is 96.7 Å². The second kappa shape index (κ2) is 7.90. The van der Waals surface area contributed by atoms with E-state index in [1.807, 2.05) is 0 Å². The van der Waals surface area contributed by atoms with Gasteiger partial charge in [-0.05, 0) is 43.5 Å². The number of hydrogen-bond acceptors (Lipinski definition) is 5. The molecule has 0 radical (unpaired) electrons. The Morgan fingerprint density at radius 2 is 2.24 bits per heavy atom. The zero-order valence-corrected chi connectivity index (χ0v) is 14.0. The molecular weight excluding hydrogens is 327 g/mol. The van der Waals surface area contributed by atoms with E-state index in [0.717, 1.165) is 6.54 Å². The number of nitrogens with one attached hydrogen (secondary N) is 2. The van der Waals surface area contributed by atoms with Crippen molar-refractivity contribution in [2.75, 3.05) is 43.1 Å². The van der Waals surface area contributed by atoms with Crippen molar-refractivity contribution in [1.29, 1.82) is 0 Å². The van der Waals surface area contributed by atoms with Gasteiger partial charge in [0, 0.05) is 18.8 Å². The van der Waals surface area contributed by atoms with Crippen molar-refractivity contribution >= 4 is 23.2 Å². The van der Waals surface area contributed by atoms with E-state index < -0.39 is 11.9 Å². The summed E-state index contributed by atoms with van der Waals surface area (Å²) in [6.07, 6.45) is 2.34. The maximum atomic E-state index is 14.3. The number of morpholine rings is 1. The van der Waals surface area contributed by atoms with Crippen LogP contribution in [0.1, 0.15) is 12.8 Å². The van der Waals surface area contributed by atoms with Crippen molar-refractivity contribution in [2.45, 2.75) is 18.9 Å². The molecule has 1 aromatic rings. The van der Waals surface area contributed by atoms with Gasteiger partial charge in [-0.15, -0.1) is 0 Å². The summed E-state index contributed by atoms with van der Waals surface area (Å²) in [5, 5.41) is 5.68. The van der Waals surface area contributed by atoms with Gasteiger partial charge in [-0.25, -0.2) is 4.39 Å². The zero-order chi connectivity index (χ0) is 17.8. The average molecular weight is 350 g/mol. The highest BCUT2D eigenvalue weighted by molar-refractivity contribution is 5.97. The number of amides is 2. The van der Waals surface area contributed by atoms with Crippen molar-refractivity contribution in [2.24, 2.45) is 11.7 Å². The van der Waals surface area contributed by atoms with E-state index in [9.17, 15) is 14.0 Å². The van der Waals surface area contributed by atoms with Crippen molar-refractivity contribution in [3.63, 3.8) is 0 Å². The Morgan fingerprint density at radius 1 is 1.44 bits per heavy atom. The van der Waals surface area contributed by atoms with E-state index >= 15 is 0 Å². The molecule has 4 N–H and O–H groups in total. The number of nitrogens with zero attached hydrogens (tertiary/aromatic N) is 1. The van der Waals surface area contributed by atoms with Crippen LogP contribution in [0.5, 0.6) is 0 Å². The molecule has 8 heteroatoms. The Kier molecular flexibility index (Phi) is 5.62. The summed E-state index contributed by atoms with van der Waals surface area (Å²) in [6, 6.07) is 3.76. The van der Waals surface area contributed by atoms with Gasteiger partial charge in [0.2, 0.25) is 5.91 Å². The van der Waals surface area contributed by atoms with E-state index in [-0.39, 0.29) is 30.7 Å². The summed E-state index contributed by atoms with van der Waals surface area (Å²) >= 11 is 0. The van der Waals surface area contributed by atoms with Crippen molar-refractivity contribution < 1.29 is 18.7 Å². The highest BCUT2D eigenvalue weighted by atomic mass is 19.1. The second-order valence-corrected chi connectivity index (χ2v) is 6.39. The molecule has 1 aliphatic heterocycles. The number of nitrogens with two attached hydrogens (primary N) is 1. The molecule has 1 heterocycles. The third kappa shape index (κ3) is 4.53. The van der Waals surface area contributed by atoms with Crippen LogP contribution in [0.3, 0.4) is 0 Å². The number of hydrogen-bond donors (Lipinski definition) is 3. The lowest BCUT2D eigenvalue weighted by Crippen LogP contribution is -2.46. The molecule has 0 unspecified atom stereocenters. The number of carbonyl (C=O) groups excluding carboxylic acids is 2. The first-order valence-electron chi connectivity index (χ1n) is 8.50. The van der Waals surface area contributed by atoms with Crippen LogP contribution in [0.25, 0.3) is 0 Å². The standard InChI is InChI=1S/C17H23FN4O3/c18-13-7-12(22-5-6-25-10-16(22)23)3-4-14(13)21-17(24)15(8-19)20-9-11-1-2-11/h3-4,7,11,15,20H,1-2,5-6,8-10,19H2,(H,21,24)/t15-/m0/s1. The number of rotatable bonds is 7. The van der Waals surface area contributed by atoms with Crippen LogP contribution < -0.4 is 21.3 Å². The Morgan fingerprint density at radius 3 is 2.88 bits per heavy atom. The molecule has 0 bridgehead atoms. The molecule has 136 valence electrons. The van der Waals surface area contributed by atoms with Gasteiger partial charge in [0.05, 0.1) is 18.3 Å². The molecule has 1 aromatic carbocycles. The SMILES string of the molecule is NC[C@H](NCC1CC1)C(=O)Nc1ccc(N2CCOCC2=O)cc1F. The Bertz CT molecular complexity index is 651. The fraction of sp³-hybridized carbons (Fsp3) is 0.529. The molecule has 1 atom stereocenters. The summed E-state index contributed by atoms with van der Waals surface area (Å²) < 4.78 is 19.4. The van der Waals surface area contributed by atoms with Gasteiger partial charge in [0.15, 0.2) is 0 Å². The zero-order valence-electron chi connectivity index (χ0n) is 14.0. The monoisotopic (exact) mass is 350 g/mol. The summed E-state index contributed by atoms with van der Waals surface area (Å²) in [7, 11) is 0. The molecule has 2 fully saturated rings. The Balaban J connectivity index is 1.63. The van der Waals surface area contributed by atoms with E-state index in [2.05, 4.69) is 10.6 Å². The molecular formula is C17H23FN4O3. The van der Waals surface area contributed by atoms with E-state index in [1.165, 1.54) is 29.9 Å². The fourth-order valence-corrected chi connectivity index (χ4v) is 2.70. The number of benzene rings is 1. The van der Waals surface area contributed by atoms with Gasteiger partial charge >= 0.3 is 0 Å². The number of anilines is 2. The Hall–Kier alpha value is -2.03. The van der Waals surface area contributed by atoms with Crippen molar-refractivity contribution in [3.05, 3.63) is 24.0 Å². The van der Waals surface area contributed by atoms with Crippen molar-refractivity contribution in [1.82, 2.24) is 5.32 Å². The quantitative estimate of drug-likeness (QED) is 0.664. The largest absolute Gasteiger partial charge is 0.370 e. The minimum atomic E-state index is -0.594. The normalized spacial score (nSPS) is 19.0. The fourth-order valence-electron chi connectivity index (χ4n) is 2.70. The van der Waals surface area contributed by atoms with Crippen LogP contribution in [0.4, 0.5) is 15.8 Å². The third-order valence-corrected chi connectivity index (χ3v) is 4.41. The van der Waals surface area contributed by atoms with Crippen LogP contribution >= 0.6 is 0 Å². The lowest BCUT2D eigenvalue weighted by Gasteiger charge is -2.27. The maximum absolute atomic E-state index is 14.3. The highest BCUT2D eigenvalue weighted by Crippen LogP contribution is 2.27. The molecule has 1 saturated carbocycles. The molecule has 25 heavy (non-hydrogen) atoms. The van der Waals surface area contributed by atoms with Gasteiger partial charge < -0.3 is 26.0 Å². The molecule has 1 saturated heterocycles. The second-order valence-electron chi connectivity index (χ2n) is 6.39. The molecule has 3 rings (SSSR count). The number of halogens is 1. The summed E-state index contributed by atoms with van der Waals surface area (Å²) in [4.78, 5) is 25.6. The number of ether oxygens (including phenoxy) is 1. The van der Waals surface area contributed by atoms with Crippen molar-refractivity contribution in [3.8, 4) is 0 Å². The summed E-state index contributed by atoms with van der Waals surface area (Å²) in [5.41, 5.74) is 6.16. The minimum Gasteiger partial charge on any atom is -0.370 e. The maximum Gasteiger partial charge on any atom is 0.253 e. The van der Waals surface area contributed by atoms with E-state index in [4.69, 9.17) is 10.5 Å². The molecule has 0 spiro atoms. The predicted molar refractivity (Wildman–Crippen MR) is 91.8 cm³/mol. The number of carbonyl (C=O) groups is 2. The van der Waals surface area contributed by atoms with Crippen LogP contribution in [0, 0.1) is 11.7 Å². The smallest absolute Gasteiger partial charge is 0.253 e. The Labute approximate surface area is 145 Å². The average Bonchev–Trinajstić information content (AvgIpc) is 3.42. The lowest BCUT2D eigenvalue weighted by atomic mass is 10.2. The predicted octanol–water partition coefficient (Wildman–Crippen LogP) is 0.454.